The van der Waals surface area contributed by atoms with Crippen molar-refractivity contribution in [1.29, 1.82) is 0 Å². The molecule has 1 rings (SSSR count). The second-order valence-electron chi connectivity index (χ2n) is 3.51. The van der Waals surface area contributed by atoms with Crippen LogP contribution in [0.15, 0.2) is 18.2 Å². The van der Waals surface area contributed by atoms with Crippen LogP contribution in [-0.2, 0) is 0 Å². The number of likely N-dealkylation sites (N-methyl/N-ethyl adjacent to an activating group) is 1. The van der Waals surface area contributed by atoms with E-state index in [9.17, 15) is 13.9 Å². The summed E-state index contributed by atoms with van der Waals surface area (Å²) in [5, 5.41) is 12.4. The monoisotopic (exact) mass is 215 g/mol. The molecule has 1 aromatic rings. The van der Waals surface area contributed by atoms with Gasteiger partial charge in [-0.2, -0.15) is 0 Å². The maximum absolute atomic E-state index is 12.6. The van der Waals surface area contributed by atoms with Crippen LogP contribution in [0.1, 0.15) is 29.2 Å². The first-order valence-corrected chi connectivity index (χ1v) is 4.77. The molecule has 2 nitrogen and oxygen atoms in total. The average molecular weight is 215 g/mol. The molecule has 15 heavy (non-hydrogen) atoms. The molecule has 1 aromatic carbocycles. The molecule has 0 aliphatic carbocycles. The lowest BCUT2D eigenvalue weighted by atomic mass is 10.00. The highest BCUT2D eigenvalue weighted by Gasteiger charge is 2.17. The van der Waals surface area contributed by atoms with Crippen LogP contribution >= 0.6 is 0 Å². The van der Waals surface area contributed by atoms with Gasteiger partial charge in [-0.3, -0.25) is 0 Å². The Morgan fingerprint density at radius 3 is 2.53 bits per heavy atom. The maximum atomic E-state index is 12.6. The van der Waals surface area contributed by atoms with Crippen molar-refractivity contribution in [3.8, 4) is 0 Å². The Morgan fingerprint density at radius 1 is 1.33 bits per heavy atom. The number of aliphatic hydroxyl groups is 1. The van der Waals surface area contributed by atoms with Crippen molar-refractivity contribution in [2.45, 2.75) is 19.5 Å². The van der Waals surface area contributed by atoms with Crippen molar-refractivity contribution in [3.05, 3.63) is 34.9 Å². The third-order valence-corrected chi connectivity index (χ3v) is 2.23. The average Bonchev–Trinajstić information content (AvgIpc) is 2.17. The van der Waals surface area contributed by atoms with Gasteiger partial charge in [0.05, 0.1) is 6.10 Å². The minimum atomic E-state index is -2.55. The summed E-state index contributed by atoms with van der Waals surface area (Å²) in [5.41, 5.74) is 1.08. The summed E-state index contributed by atoms with van der Waals surface area (Å²) in [6.45, 7) is 2.08. The smallest absolute Gasteiger partial charge is 0.264 e. The van der Waals surface area contributed by atoms with Gasteiger partial charge in [0.25, 0.3) is 6.43 Å². The van der Waals surface area contributed by atoms with Crippen molar-refractivity contribution < 1.29 is 13.9 Å². The van der Waals surface area contributed by atoms with Gasteiger partial charge >= 0.3 is 0 Å². The van der Waals surface area contributed by atoms with Crippen LogP contribution in [-0.4, -0.2) is 18.7 Å². The number of rotatable bonds is 4. The minimum Gasteiger partial charge on any atom is -0.387 e. The second-order valence-corrected chi connectivity index (χ2v) is 3.51. The quantitative estimate of drug-likeness (QED) is 0.806. The van der Waals surface area contributed by atoms with Gasteiger partial charge in [0.2, 0.25) is 0 Å². The largest absolute Gasteiger partial charge is 0.387 e. The van der Waals surface area contributed by atoms with Crippen LogP contribution < -0.4 is 5.32 Å². The molecule has 1 unspecified atom stereocenters. The molecule has 0 saturated heterocycles. The van der Waals surface area contributed by atoms with E-state index in [1.807, 2.05) is 6.92 Å². The number of nitrogens with one attached hydrogen (secondary N) is 1. The van der Waals surface area contributed by atoms with Crippen LogP contribution in [0.2, 0.25) is 0 Å². The highest BCUT2D eigenvalue weighted by atomic mass is 19.3. The highest BCUT2D eigenvalue weighted by Crippen LogP contribution is 2.28. The number of halogens is 2. The number of aryl methyl sites for hydroxylation is 1. The molecule has 0 spiro atoms. The fourth-order valence-corrected chi connectivity index (χ4v) is 1.48. The van der Waals surface area contributed by atoms with E-state index in [4.69, 9.17) is 0 Å². The van der Waals surface area contributed by atoms with Gasteiger partial charge in [0.15, 0.2) is 0 Å². The number of hydrogen-bond donors (Lipinski definition) is 2. The van der Waals surface area contributed by atoms with E-state index < -0.39 is 12.5 Å². The van der Waals surface area contributed by atoms with Crippen molar-refractivity contribution >= 4 is 0 Å². The van der Waals surface area contributed by atoms with Crippen molar-refractivity contribution in [1.82, 2.24) is 5.32 Å². The Balaban J connectivity index is 3.06. The highest BCUT2D eigenvalue weighted by molar-refractivity contribution is 5.34. The Hall–Kier alpha value is -1.00. The molecule has 0 amide bonds. The molecule has 1 atom stereocenters. The molecule has 0 aliphatic heterocycles. The SMILES string of the molecule is CNCC(O)c1cc(C)ccc1C(F)F. The van der Waals surface area contributed by atoms with E-state index in [-0.39, 0.29) is 12.1 Å². The molecule has 0 bridgehead atoms. The summed E-state index contributed by atoms with van der Waals surface area (Å²) in [4.78, 5) is 0. The number of benzene rings is 1. The van der Waals surface area contributed by atoms with Gasteiger partial charge in [-0.1, -0.05) is 23.8 Å². The van der Waals surface area contributed by atoms with E-state index >= 15 is 0 Å². The molecule has 0 saturated carbocycles. The lowest BCUT2D eigenvalue weighted by Gasteiger charge is -2.15. The first kappa shape index (κ1) is 12.1. The van der Waals surface area contributed by atoms with Gasteiger partial charge in [-0.15, -0.1) is 0 Å². The first-order chi connectivity index (χ1) is 7.06. The molecule has 0 radical (unpaired) electrons. The Morgan fingerprint density at radius 2 is 2.00 bits per heavy atom. The second kappa shape index (κ2) is 5.19. The van der Waals surface area contributed by atoms with Crippen molar-refractivity contribution in [2.24, 2.45) is 0 Å². The Bertz CT molecular complexity index is 328. The number of hydrogen-bond acceptors (Lipinski definition) is 2. The molecule has 0 aliphatic rings. The van der Waals surface area contributed by atoms with Crippen molar-refractivity contribution in [3.63, 3.8) is 0 Å². The van der Waals surface area contributed by atoms with E-state index in [1.54, 1.807) is 19.2 Å². The summed E-state index contributed by atoms with van der Waals surface area (Å²) >= 11 is 0. The lowest BCUT2D eigenvalue weighted by molar-refractivity contribution is 0.136. The number of alkyl halides is 2. The van der Waals surface area contributed by atoms with E-state index in [2.05, 4.69) is 5.32 Å². The third-order valence-electron chi connectivity index (χ3n) is 2.23. The minimum absolute atomic E-state index is 0.0941. The van der Waals surface area contributed by atoms with Gasteiger partial charge < -0.3 is 10.4 Å². The summed E-state index contributed by atoms with van der Waals surface area (Å²) in [6.07, 6.45) is -3.44. The van der Waals surface area contributed by atoms with Crippen LogP contribution in [0.5, 0.6) is 0 Å². The summed E-state index contributed by atoms with van der Waals surface area (Å²) in [7, 11) is 1.67. The standard InChI is InChI=1S/C11H15F2NO/c1-7-3-4-8(11(12)13)9(5-7)10(15)6-14-2/h3-5,10-11,14-15H,6H2,1-2H3. The fraction of sp³-hybridized carbons (Fsp3) is 0.455. The topological polar surface area (TPSA) is 32.3 Å². The molecule has 4 heteroatoms. The van der Waals surface area contributed by atoms with E-state index in [0.29, 0.717) is 5.56 Å². The molecule has 0 fully saturated rings. The van der Waals surface area contributed by atoms with Crippen LogP contribution in [0.3, 0.4) is 0 Å². The summed E-state index contributed by atoms with van der Waals surface area (Å²) in [6, 6.07) is 4.59. The molecule has 2 N–H and O–H groups in total. The van der Waals surface area contributed by atoms with E-state index in [1.165, 1.54) is 6.07 Å². The predicted molar refractivity (Wildman–Crippen MR) is 55.0 cm³/mol. The molecular formula is C11H15F2NO. The van der Waals surface area contributed by atoms with Gasteiger partial charge in [0.1, 0.15) is 0 Å². The first-order valence-electron chi connectivity index (χ1n) is 4.77. The molecular weight excluding hydrogens is 200 g/mol. The predicted octanol–water partition coefficient (Wildman–Crippen LogP) is 2.19. The normalized spacial score (nSPS) is 13.2. The van der Waals surface area contributed by atoms with Crippen LogP contribution in [0.4, 0.5) is 8.78 Å². The fourth-order valence-electron chi connectivity index (χ4n) is 1.48. The maximum Gasteiger partial charge on any atom is 0.264 e. The summed E-state index contributed by atoms with van der Waals surface area (Å²) in [5.74, 6) is 0. The zero-order chi connectivity index (χ0) is 11.4. The van der Waals surface area contributed by atoms with Gasteiger partial charge in [0, 0.05) is 12.1 Å². The summed E-state index contributed by atoms with van der Waals surface area (Å²) < 4.78 is 25.3. The van der Waals surface area contributed by atoms with Gasteiger partial charge in [-0.05, 0) is 19.5 Å². The van der Waals surface area contributed by atoms with Crippen molar-refractivity contribution in [2.75, 3.05) is 13.6 Å². The Labute approximate surface area is 87.9 Å². The van der Waals surface area contributed by atoms with Crippen LogP contribution in [0, 0.1) is 6.92 Å². The molecule has 0 aromatic heterocycles. The van der Waals surface area contributed by atoms with E-state index in [0.717, 1.165) is 5.56 Å². The Kier molecular flexibility index (Phi) is 4.17. The zero-order valence-corrected chi connectivity index (χ0v) is 8.80. The third kappa shape index (κ3) is 2.97. The molecule has 0 heterocycles. The number of aliphatic hydroxyl groups excluding tert-OH is 1. The molecule has 84 valence electrons. The van der Waals surface area contributed by atoms with Gasteiger partial charge in [-0.25, -0.2) is 8.78 Å². The zero-order valence-electron chi connectivity index (χ0n) is 8.80. The lowest BCUT2D eigenvalue weighted by Crippen LogP contribution is -2.18. The van der Waals surface area contributed by atoms with Crippen LogP contribution in [0.25, 0.3) is 0 Å².